The summed E-state index contributed by atoms with van der Waals surface area (Å²) in [5.41, 5.74) is 0.404. The number of carbonyl (C=O) groups excluding carboxylic acids is 1. The first-order valence-electron chi connectivity index (χ1n) is 9.39. The fraction of sp³-hybridized carbons (Fsp3) is 0.350. The van der Waals surface area contributed by atoms with E-state index in [0.29, 0.717) is 24.1 Å². The van der Waals surface area contributed by atoms with Crippen LogP contribution in [0.3, 0.4) is 0 Å². The molecule has 3 aromatic rings. The topological polar surface area (TPSA) is 76.2 Å². The van der Waals surface area contributed by atoms with E-state index in [1.165, 1.54) is 12.1 Å². The van der Waals surface area contributed by atoms with Crippen molar-refractivity contribution >= 4 is 11.6 Å². The molecule has 5 rings (SSSR count). The van der Waals surface area contributed by atoms with Crippen LogP contribution in [0, 0.1) is 17.7 Å². The van der Waals surface area contributed by atoms with Gasteiger partial charge in [-0.3, -0.25) is 9.69 Å². The first kappa shape index (κ1) is 17.1. The number of likely N-dealkylation sites (tertiary alicyclic amines) is 1. The summed E-state index contributed by atoms with van der Waals surface area (Å²) in [4.78, 5) is 15.0. The number of furan rings is 1. The minimum Gasteiger partial charge on any atom is -0.468 e. The van der Waals surface area contributed by atoms with E-state index in [9.17, 15) is 9.18 Å². The molecule has 2 atom stereocenters. The van der Waals surface area contributed by atoms with Crippen LogP contribution in [0.2, 0.25) is 0 Å². The van der Waals surface area contributed by atoms with Crippen LogP contribution in [0.1, 0.15) is 22.2 Å². The van der Waals surface area contributed by atoms with Crippen molar-refractivity contribution < 1.29 is 13.6 Å². The Morgan fingerprint density at radius 2 is 2.07 bits per heavy atom. The number of halogens is 1. The Hall–Kier alpha value is -3.00. The Kier molecular flexibility index (Phi) is 4.20. The minimum atomic E-state index is -0.397. The van der Waals surface area contributed by atoms with Crippen LogP contribution in [0.4, 0.5) is 10.1 Å². The van der Waals surface area contributed by atoms with Crippen molar-refractivity contribution in [2.75, 3.05) is 18.4 Å². The largest absolute Gasteiger partial charge is 0.468 e. The standard InChI is InChI=1S/C20H20FN5O2/c21-15-3-1-4-16(8-15)22-20(27)19-24-23-18-7-13-9-25(10-14(13)11-26(18)19)12-17-5-2-6-28-17/h1-6,8,13-14H,7,9-12H2,(H,22,27)/t13-,14-/m0/s1. The van der Waals surface area contributed by atoms with E-state index in [1.54, 1.807) is 18.4 Å². The number of hydrogen-bond donors (Lipinski definition) is 1. The van der Waals surface area contributed by atoms with Crippen molar-refractivity contribution in [1.29, 1.82) is 0 Å². The van der Waals surface area contributed by atoms with Gasteiger partial charge in [-0.05, 0) is 42.2 Å². The highest BCUT2D eigenvalue weighted by molar-refractivity contribution is 6.01. The summed E-state index contributed by atoms with van der Waals surface area (Å²) in [5, 5.41) is 11.0. The third-order valence-electron chi connectivity index (χ3n) is 5.59. The smallest absolute Gasteiger partial charge is 0.293 e. The molecule has 7 nitrogen and oxygen atoms in total. The highest BCUT2D eigenvalue weighted by atomic mass is 19.1. The number of amides is 1. The number of hydrogen-bond acceptors (Lipinski definition) is 5. The van der Waals surface area contributed by atoms with Crippen molar-refractivity contribution in [3.8, 4) is 0 Å². The zero-order valence-corrected chi connectivity index (χ0v) is 15.2. The van der Waals surface area contributed by atoms with E-state index >= 15 is 0 Å². The van der Waals surface area contributed by atoms with Crippen molar-refractivity contribution in [1.82, 2.24) is 19.7 Å². The molecule has 144 valence electrons. The van der Waals surface area contributed by atoms with Gasteiger partial charge in [0.05, 0.1) is 12.8 Å². The van der Waals surface area contributed by atoms with E-state index in [2.05, 4.69) is 20.4 Å². The number of rotatable bonds is 4. The third kappa shape index (κ3) is 3.20. The van der Waals surface area contributed by atoms with Gasteiger partial charge in [-0.25, -0.2) is 4.39 Å². The number of carbonyl (C=O) groups is 1. The number of nitrogens with zero attached hydrogens (tertiary/aromatic N) is 4. The molecule has 1 amide bonds. The second-order valence-corrected chi connectivity index (χ2v) is 7.51. The molecular weight excluding hydrogens is 361 g/mol. The molecule has 1 aromatic carbocycles. The summed E-state index contributed by atoms with van der Waals surface area (Å²) < 4.78 is 20.7. The normalized spacial score (nSPS) is 21.3. The number of anilines is 1. The lowest BCUT2D eigenvalue weighted by atomic mass is 9.89. The molecular formula is C20H20FN5O2. The third-order valence-corrected chi connectivity index (χ3v) is 5.59. The number of aromatic nitrogens is 3. The Morgan fingerprint density at radius 1 is 1.18 bits per heavy atom. The minimum absolute atomic E-state index is 0.280. The van der Waals surface area contributed by atoms with Gasteiger partial charge in [0.1, 0.15) is 17.4 Å². The summed E-state index contributed by atoms with van der Waals surface area (Å²) in [6.45, 7) is 3.46. The molecule has 1 fully saturated rings. The molecule has 0 radical (unpaired) electrons. The van der Waals surface area contributed by atoms with Crippen LogP contribution < -0.4 is 5.32 Å². The maximum Gasteiger partial charge on any atom is 0.293 e. The van der Waals surface area contributed by atoms with Gasteiger partial charge in [-0.2, -0.15) is 0 Å². The number of nitrogens with one attached hydrogen (secondary N) is 1. The summed E-state index contributed by atoms with van der Waals surface area (Å²) in [6, 6.07) is 9.72. The second-order valence-electron chi connectivity index (χ2n) is 7.51. The monoisotopic (exact) mass is 381 g/mol. The first-order chi connectivity index (χ1) is 13.7. The Balaban J connectivity index is 1.29. The van der Waals surface area contributed by atoms with Crippen LogP contribution in [0.5, 0.6) is 0 Å². The SMILES string of the molecule is O=C(Nc1cccc(F)c1)c1nnc2n1C[C@@H]1CN(Cc3ccco3)C[C@@H]1C2. The molecule has 1 saturated heterocycles. The van der Waals surface area contributed by atoms with Crippen molar-refractivity contribution in [3.05, 3.63) is 65.9 Å². The molecule has 0 unspecified atom stereocenters. The lowest BCUT2D eigenvalue weighted by Gasteiger charge is -2.25. The Bertz CT molecular complexity index is 1000. The van der Waals surface area contributed by atoms with Gasteiger partial charge in [0.2, 0.25) is 5.82 Å². The number of fused-ring (bicyclic) bond motifs is 2. The van der Waals surface area contributed by atoms with Gasteiger partial charge >= 0.3 is 0 Å². The molecule has 8 heteroatoms. The van der Waals surface area contributed by atoms with E-state index in [0.717, 1.165) is 37.6 Å². The zero-order valence-electron chi connectivity index (χ0n) is 15.2. The molecule has 0 bridgehead atoms. The van der Waals surface area contributed by atoms with Gasteiger partial charge in [-0.1, -0.05) is 6.07 Å². The molecule has 4 heterocycles. The van der Waals surface area contributed by atoms with Gasteiger partial charge in [0.15, 0.2) is 0 Å². The highest BCUT2D eigenvalue weighted by Crippen LogP contribution is 2.33. The maximum absolute atomic E-state index is 13.4. The molecule has 2 aliphatic rings. The maximum atomic E-state index is 13.4. The molecule has 1 N–H and O–H groups in total. The average molecular weight is 381 g/mol. The van der Waals surface area contributed by atoms with Crippen LogP contribution in [0.25, 0.3) is 0 Å². The summed E-state index contributed by atoms with van der Waals surface area (Å²) in [5.74, 6) is 2.27. The van der Waals surface area contributed by atoms with E-state index < -0.39 is 5.82 Å². The van der Waals surface area contributed by atoms with Crippen molar-refractivity contribution in [2.24, 2.45) is 11.8 Å². The van der Waals surface area contributed by atoms with Crippen LogP contribution >= 0.6 is 0 Å². The molecule has 0 spiro atoms. The fourth-order valence-electron chi connectivity index (χ4n) is 4.29. The Labute approximate surface area is 161 Å². The van der Waals surface area contributed by atoms with E-state index in [4.69, 9.17) is 4.42 Å². The molecule has 2 aliphatic heterocycles. The van der Waals surface area contributed by atoms with Crippen LogP contribution in [0.15, 0.2) is 47.1 Å². The molecule has 0 saturated carbocycles. The predicted molar refractivity (Wildman–Crippen MR) is 99.0 cm³/mol. The van der Waals surface area contributed by atoms with Crippen LogP contribution in [-0.2, 0) is 19.5 Å². The van der Waals surface area contributed by atoms with Crippen molar-refractivity contribution in [2.45, 2.75) is 19.5 Å². The lowest BCUT2D eigenvalue weighted by molar-refractivity contribution is 0.100. The summed E-state index contributed by atoms with van der Waals surface area (Å²) in [7, 11) is 0. The van der Waals surface area contributed by atoms with Gasteiger partial charge < -0.3 is 14.3 Å². The summed E-state index contributed by atoms with van der Waals surface area (Å²) in [6.07, 6.45) is 2.50. The highest BCUT2D eigenvalue weighted by Gasteiger charge is 2.39. The lowest BCUT2D eigenvalue weighted by Crippen LogP contribution is -2.31. The molecule has 0 aliphatic carbocycles. The quantitative estimate of drug-likeness (QED) is 0.752. The van der Waals surface area contributed by atoms with E-state index in [-0.39, 0.29) is 11.7 Å². The molecule has 2 aromatic heterocycles. The predicted octanol–water partition coefficient (Wildman–Crippen LogP) is 2.57. The van der Waals surface area contributed by atoms with Crippen molar-refractivity contribution in [3.63, 3.8) is 0 Å². The molecule has 28 heavy (non-hydrogen) atoms. The van der Waals surface area contributed by atoms with Gasteiger partial charge in [-0.15, -0.1) is 10.2 Å². The van der Waals surface area contributed by atoms with Crippen LogP contribution in [-0.4, -0.2) is 38.7 Å². The summed E-state index contributed by atoms with van der Waals surface area (Å²) >= 11 is 0. The van der Waals surface area contributed by atoms with E-state index in [1.807, 2.05) is 16.7 Å². The average Bonchev–Trinajstić information content (AvgIpc) is 3.39. The first-order valence-corrected chi connectivity index (χ1v) is 9.39. The second kappa shape index (κ2) is 6.87. The Morgan fingerprint density at radius 3 is 2.89 bits per heavy atom. The zero-order chi connectivity index (χ0) is 19.1. The number of benzene rings is 1. The fourth-order valence-corrected chi connectivity index (χ4v) is 4.29. The van der Waals surface area contributed by atoms with Gasteiger partial charge in [0, 0.05) is 31.7 Å². The van der Waals surface area contributed by atoms with Gasteiger partial charge in [0.25, 0.3) is 5.91 Å².